The number of amides is 3. The molecule has 8 heteroatoms. The van der Waals surface area contributed by atoms with Crippen molar-refractivity contribution in [2.75, 3.05) is 23.1 Å². The molecule has 2 aromatic rings. The fourth-order valence-electron chi connectivity index (χ4n) is 2.64. The van der Waals surface area contributed by atoms with Gasteiger partial charge in [0.05, 0.1) is 23.8 Å². The number of carbonyl (C=O) groups excluding carboxylic acids is 3. The summed E-state index contributed by atoms with van der Waals surface area (Å²) >= 11 is 4.51. The number of carbonyl (C=O) groups is 3. The van der Waals surface area contributed by atoms with E-state index >= 15 is 0 Å². The summed E-state index contributed by atoms with van der Waals surface area (Å²) in [4.78, 5) is 38.1. The Balaban J connectivity index is 1.57. The van der Waals surface area contributed by atoms with Crippen LogP contribution in [0, 0.1) is 0 Å². The first-order chi connectivity index (χ1) is 13.0. The Morgan fingerprint density at radius 3 is 2.48 bits per heavy atom. The van der Waals surface area contributed by atoms with Gasteiger partial charge in [-0.2, -0.15) is 0 Å². The van der Waals surface area contributed by atoms with Crippen LogP contribution in [0.1, 0.15) is 6.42 Å². The molecule has 27 heavy (non-hydrogen) atoms. The maximum absolute atomic E-state index is 12.6. The van der Waals surface area contributed by atoms with E-state index in [4.69, 9.17) is 4.74 Å². The van der Waals surface area contributed by atoms with Gasteiger partial charge in [-0.1, -0.05) is 15.9 Å². The first kappa shape index (κ1) is 19.4. The quantitative estimate of drug-likeness (QED) is 0.684. The summed E-state index contributed by atoms with van der Waals surface area (Å²) in [6, 6.07) is 13.9. The molecular formula is C19H17BrN2O4S. The van der Waals surface area contributed by atoms with Gasteiger partial charge in [0.1, 0.15) is 5.75 Å². The summed E-state index contributed by atoms with van der Waals surface area (Å²) in [5, 5.41) is 2.21. The van der Waals surface area contributed by atoms with Crippen molar-refractivity contribution in [1.82, 2.24) is 0 Å². The molecule has 0 bridgehead atoms. The standard InChI is InChI=1S/C19H17BrN2O4S/c1-26-15-8-6-14(7-9-15)22-18(24)10-16(19(22)25)27-11-17(23)21-13-4-2-12(20)3-5-13/h2-9,16H,10-11H2,1H3,(H,21,23)/t16-/m0/s1. The van der Waals surface area contributed by atoms with E-state index in [1.54, 1.807) is 43.5 Å². The molecule has 0 spiro atoms. The van der Waals surface area contributed by atoms with E-state index in [9.17, 15) is 14.4 Å². The van der Waals surface area contributed by atoms with Crippen LogP contribution in [0.25, 0.3) is 0 Å². The van der Waals surface area contributed by atoms with Crippen molar-refractivity contribution < 1.29 is 19.1 Å². The Morgan fingerprint density at radius 2 is 1.85 bits per heavy atom. The van der Waals surface area contributed by atoms with Crippen LogP contribution in [0.3, 0.4) is 0 Å². The fraction of sp³-hybridized carbons (Fsp3) is 0.211. The van der Waals surface area contributed by atoms with Gasteiger partial charge < -0.3 is 10.1 Å². The maximum atomic E-state index is 12.6. The van der Waals surface area contributed by atoms with Crippen molar-refractivity contribution in [3.05, 3.63) is 53.0 Å². The van der Waals surface area contributed by atoms with Gasteiger partial charge in [0.15, 0.2) is 0 Å². The van der Waals surface area contributed by atoms with Crippen LogP contribution in [-0.2, 0) is 14.4 Å². The zero-order chi connectivity index (χ0) is 19.4. The molecule has 3 rings (SSSR count). The topological polar surface area (TPSA) is 75.7 Å². The van der Waals surface area contributed by atoms with Crippen LogP contribution < -0.4 is 15.0 Å². The van der Waals surface area contributed by atoms with E-state index in [0.717, 1.165) is 4.47 Å². The first-order valence-electron chi connectivity index (χ1n) is 8.16. The Hall–Kier alpha value is -2.32. The van der Waals surface area contributed by atoms with Gasteiger partial charge in [0.2, 0.25) is 17.7 Å². The fourth-order valence-corrected chi connectivity index (χ4v) is 3.84. The highest BCUT2D eigenvalue weighted by atomic mass is 79.9. The lowest BCUT2D eigenvalue weighted by molar-refractivity contribution is -0.121. The second-order valence-corrected chi connectivity index (χ2v) is 7.93. The molecule has 1 atom stereocenters. The number of hydrogen-bond donors (Lipinski definition) is 1. The highest BCUT2D eigenvalue weighted by Gasteiger charge is 2.40. The van der Waals surface area contributed by atoms with E-state index in [1.807, 2.05) is 12.1 Å². The molecule has 1 N–H and O–H groups in total. The summed E-state index contributed by atoms with van der Waals surface area (Å²) in [5.74, 6) is -0.0441. The molecule has 0 saturated carbocycles. The number of benzene rings is 2. The molecule has 1 aliphatic heterocycles. The summed E-state index contributed by atoms with van der Waals surface area (Å²) in [6.07, 6.45) is 0.0844. The van der Waals surface area contributed by atoms with Gasteiger partial charge >= 0.3 is 0 Å². The molecule has 6 nitrogen and oxygen atoms in total. The van der Waals surface area contributed by atoms with Gasteiger partial charge in [-0.05, 0) is 48.5 Å². The van der Waals surface area contributed by atoms with Crippen molar-refractivity contribution in [2.24, 2.45) is 0 Å². The second-order valence-electron chi connectivity index (χ2n) is 5.82. The molecule has 2 aromatic carbocycles. The minimum Gasteiger partial charge on any atom is -0.497 e. The van der Waals surface area contributed by atoms with Crippen LogP contribution in [0.15, 0.2) is 53.0 Å². The summed E-state index contributed by atoms with van der Waals surface area (Å²) in [5.41, 5.74) is 1.19. The SMILES string of the molecule is COc1ccc(N2C(=O)C[C@H](SCC(=O)Nc3ccc(Br)cc3)C2=O)cc1. The molecular weight excluding hydrogens is 432 g/mol. The molecule has 1 fully saturated rings. The van der Waals surface area contributed by atoms with Gasteiger partial charge in [-0.15, -0.1) is 11.8 Å². The number of methoxy groups -OCH3 is 1. The third-order valence-corrected chi connectivity index (χ3v) is 5.71. The van der Waals surface area contributed by atoms with E-state index in [-0.39, 0.29) is 29.9 Å². The number of nitrogens with zero attached hydrogens (tertiary/aromatic N) is 1. The van der Waals surface area contributed by atoms with Gasteiger partial charge in [-0.25, -0.2) is 4.90 Å². The average molecular weight is 449 g/mol. The number of rotatable bonds is 6. The Bertz CT molecular complexity index is 855. The highest BCUT2D eigenvalue weighted by molar-refractivity contribution is 9.10. The monoisotopic (exact) mass is 448 g/mol. The second kappa shape index (κ2) is 8.58. The summed E-state index contributed by atoms with van der Waals surface area (Å²) < 4.78 is 6.01. The van der Waals surface area contributed by atoms with Crippen molar-refractivity contribution in [2.45, 2.75) is 11.7 Å². The van der Waals surface area contributed by atoms with E-state index in [1.165, 1.54) is 16.7 Å². The number of halogens is 1. The van der Waals surface area contributed by atoms with E-state index in [2.05, 4.69) is 21.2 Å². The Morgan fingerprint density at radius 1 is 1.19 bits per heavy atom. The van der Waals surface area contributed by atoms with Crippen LogP contribution in [0.4, 0.5) is 11.4 Å². The molecule has 3 amide bonds. The molecule has 1 saturated heterocycles. The number of anilines is 2. The lowest BCUT2D eigenvalue weighted by Crippen LogP contribution is -2.31. The zero-order valence-electron chi connectivity index (χ0n) is 14.5. The number of ether oxygens (including phenoxy) is 1. The third-order valence-electron chi connectivity index (χ3n) is 3.98. The molecule has 0 radical (unpaired) electrons. The average Bonchev–Trinajstić information content (AvgIpc) is 2.95. The predicted octanol–water partition coefficient (Wildman–Crippen LogP) is 3.46. The van der Waals surface area contributed by atoms with Gasteiger partial charge in [0, 0.05) is 16.6 Å². The normalized spacial score (nSPS) is 16.5. The van der Waals surface area contributed by atoms with Crippen molar-refractivity contribution in [3.63, 3.8) is 0 Å². The van der Waals surface area contributed by atoms with Gasteiger partial charge in [0.25, 0.3) is 0 Å². The molecule has 0 unspecified atom stereocenters. The lowest BCUT2D eigenvalue weighted by Gasteiger charge is -2.15. The highest BCUT2D eigenvalue weighted by Crippen LogP contribution is 2.30. The van der Waals surface area contributed by atoms with Gasteiger partial charge in [-0.3, -0.25) is 14.4 Å². The summed E-state index contributed by atoms with van der Waals surface area (Å²) in [7, 11) is 1.55. The Labute approximate surface area is 169 Å². The van der Waals surface area contributed by atoms with Crippen LogP contribution in [0.2, 0.25) is 0 Å². The Kier molecular flexibility index (Phi) is 6.18. The van der Waals surface area contributed by atoms with Crippen LogP contribution in [0.5, 0.6) is 5.75 Å². The number of hydrogen-bond acceptors (Lipinski definition) is 5. The van der Waals surface area contributed by atoms with Crippen LogP contribution in [-0.4, -0.2) is 35.8 Å². The lowest BCUT2D eigenvalue weighted by atomic mass is 10.3. The molecule has 140 valence electrons. The van der Waals surface area contributed by atoms with Crippen molar-refractivity contribution in [3.8, 4) is 5.75 Å². The number of imide groups is 1. The maximum Gasteiger partial charge on any atom is 0.247 e. The predicted molar refractivity (Wildman–Crippen MR) is 109 cm³/mol. The molecule has 1 aliphatic rings. The van der Waals surface area contributed by atoms with Crippen molar-refractivity contribution >= 4 is 56.8 Å². The number of nitrogens with one attached hydrogen (secondary N) is 1. The largest absolute Gasteiger partial charge is 0.497 e. The smallest absolute Gasteiger partial charge is 0.247 e. The zero-order valence-corrected chi connectivity index (χ0v) is 16.9. The third kappa shape index (κ3) is 4.70. The first-order valence-corrected chi connectivity index (χ1v) is 10.00. The van der Waals surface area contributed by atoms with Crippen molar-refractivity contribution in [1.29, 1.82) is 0 Å². The molecule has 0 aromatic heterocycles. The molecule has 1 heterocycles. The molecule has 0 aliphatic carbocycles. The minimum atomic E-state index is -0.560. The van der Waals surface area contributed by atoms with E-state index < -0.39 is 5.25 Å². The van der Waals surface area contributed by atoms with Crippen LogP contribution >= 0.6 is 27.7 Å². The van der Waals surface area contributed by atoms with E-state index in [0.29, 0.717) is 17.1 Å². The number of thioether (sulfide) groups is 1. The summed E-state index contributed by atoms with van der Waals surface area (Å²) in [6.45, 7) is 0. The minimum absolute atomic E-state index is 0.0844.